The number of halogens is 1. The maximum atomic E-state index is 11.2. The minimum Gasteiger partial charge on any atom is -0.381 e. The van der Waals surface area contributed by atoms with E-state index in [1.54, 1.807) is 0 Å². The fraction of sp³-hybridized carbons (Fsp3) is 0.857. The van der Waals surface area contributed by atoms with Crippen molar-refractivity contribution < 1.29 is 9.53 Å². The van der Waals surface area contributed by atoms with Crippen LogP contribution in [0.15, 0.2) is 0 Å². The van der Waals surface area contributed by atoms with Gasteiger partial charge < -0.3 is 4.74 Å². The predicted octanol–water partition coefficient (Wildman–Crippen LogP) is 1.38. The molecule has 0 N–H and O–H groups in total. The molecule has 1 aliphatic heterocycles. The quantitative estimate of drug-likeness (QED) is 0.639. The first kappa shape index (κ1) is 8.21. The topological polar surface area (TPSA) is 26.3 Å². The van der Waals surface area contributed by atoms with Crippen LogP contribution in [0.4, 0.5) is 0 Å². The number of Topliss-reactive ketones (excluding diaryl/α,β-unsaturated/α-hetero) is 1. The number of carbonyl (C=O) groups is 1. The summed E-state index contributed by atoms with van der Waals surface area (Å²) in [4.78, 5) is 11.2. The molecule has 0 aromatic heterocycles. The molecule has 1 aliphatic rings. The van der Waals surface area contributed by atoms with Gasteiger partial charge in [-0.3, -0.25) is 4.79 Å². The average Bonchev–Trinajstić information content (AvgIpc) is 2.36. The fourth-order valence-electron chi connectivity index (χ4n) is 1.08. The largest absolute Gasteiger partial charge is 0.381 e. The molecule has 0 spiro atoms. The van der Waals surface area contributed by atoms with Crippen molar-refractivity contribution in [2.75, 3.05) is 13.2 Å². The Balaban J connectivity index is 2.40. The Hall–Kier alpha value is 0.110. The molecule has 0 radical (unpaired) electrons. The third-order valence-corrected chi connectivity index (χ3v) is 2.18. The monoisotopic (exact) mass is 206 g/mol. The molecule has 1 saturated heterocycles. The number of ether oxygens (including phenoxy) is 1. The first-order valence-corrected chi connectivity index (χ1v) is 4.39. The summed E-state index contributed by atoms with van der Waals surface area (Å²) in [7, 11) is 0. The summed E-state index contributed by atoms with van der Waals surface area (Å²) in [5.74, 6) is 0.423. The molecule has 0 aromatic rings. The van der Waals surface area contributed by atoms with E-state index >= 15 is 0 Å². The van der Waals surface area contributed by atoms with Crippen molar-refractivity contribution in [2.24, 2.45) is 5.92 Å². The van der Waals surface area contributed by atoms with Crippen LogP contribution in [0.3, 0.4) is 0 Å². The van der Waals surface area contributed by atoms with E-state index in [1.165, 1.54) is 0 Å². The zero-order chi connectivity index (χ0) is 7.56. The molecule has 2 unspecified atom stereocenters. The molecule has 0 amide bonds. The molecular weight excluding hydrogens is 196 g/mol. The number of alkyl halides is 1. The Bertz CT molecular complexity index is 128. The molecule has 0 aromatic carbocycles. The van der Waals surface area contributed by atoms with Gasteiger partial charge in [0.15, 0.2) is 5.78 Å². The summed E-state index contributed by atoms with van der Waals surface area (Å²) in [5, 5.41) is 0. The second-order valence-electron chi connectivity index (χ2n) is 2.58. The summed E-state index contributed by atoms with van der Waals surface area (Å²) >= 11 is 3.24. The van der Waals surface area contributed by atoms with E-state index in [2.05, 4.69) is 15.9 Å². The Morgan fingerprint density at radius 2 is 2.50 bits per heavy atom. The van der Waals surface area contributed by atoms with E-state index in [1.807, 2.05) is 6.92 Å². The third-order valence-electron chi connectivity index (χ3n) is 1.72. The Labute approximate surface area is 69.1 Å². The van der Waals surface area contributed by atoms with E-state index in [0.717, 1.165) is 13.0 Å². The van der Waals surface area contributed by atoms with Crippen molar-refractivity contribution in [1.82, 2.24) is 0 Å². The second-order valence-corrected chi connectivity index (χ2v) is 3.95. The highest BCUT2D eigenvalue weighted by atomic mass is 79.9. The number of ketones is 1. The summed E-state index contributed by atoms with van der Waals surface area (Å²) in [6.45, 7) is 3.23. The van der Waals surface area contributed by atoms with Gasteiger partial charge in [0.05, 0.1) is 11.4 Å². The van der Waals surface area contributed by atoms with Crippen LogP contribution in [0.2, 0.25) is 0 Å². The number of carbonyl (C=O) groups excluding carboxylic acids is 1. The molecule has 0 aliphatic carbocycles. The van der Waals surface area contributed by atoms with Crippen molar-refractivity contribution in [3.05, 3.63) is 0 Å². The molecule has 2 nitrogen and oxygen atoms in total. The van der Waals surface area contributed by atoms with Gasteiger partial charge in [-0.05, 0) is 13.3 Å². The van der Waals surface area contributed by atoms with Gasteiger partial charge in [0, 0.05) is 12.5 Å². The van der Waals surface area contributed by atoms with Gasteiger partial charge in [-0.15, -0.1) is 0 Å². The summed E-state index contributed by atoms with van der Waals surface area (Å²) in [5.41, 5.74) is 0. The molecule has 1 heterocycles. The number of hydrogen-bond acceptors (Lipinski definition) is 2. The lowest BCUT2D eigenvalue weighted by Crippen LogP contribution is -2.21. The minimum atomic E-state index is -0.0146. The standard InChI is InChI=1S/C7H11BrO2/c1-5(8)7(9)6-2-3-10-4-6/h5-6H,2-4H2,1H3. The van der Waals surface area contributed by atoms with Gasteiger partial charge in [-0.25, -0.2) is 0 Å². The van der Waals surface area contributed by atoms with E-state index < -0.39 is 0 Å². The van der Waals surface area contributed by atoms with E-state index in [9.17, 15) is 4.79 Å². The lowest BCUT2D eigenvalue weighted by Gasteiger charge is -2.06. The van der Waals surface area contributed by atoms with Crippen molar-refractivity contribution >= 4 is 21.7 Å². The number of hydrogen-bond donors (Lipinski definition) is 0. The molecule has 58 valence electrons. The molecule has 0 bridgehead atoms. The third kappa shape index (κ3) is 1.80. The van der Waals surface area contributed by atoms with E-state index in [-0.39, 0.29) is 16.5 Å². The van der Waals surface area contributed by atoms with Crippen molar-refractivity contribution in [1.29, 1.82) is 0 Å². The zero-order valence-corrected chi connectivity index (χ0v) is 7.56. The summed E-state index contributed by atoms with van der Waals surface area (Å²) < 4.78 is 5.09. The first-order valence-electron chi connectivity index (χ1n) is 3.47. The minimum absolute atomic E-state index is 0.0146. The Morgan fingerprint density at radius 3 is 2.90 bits per heavy atom. The van der Waals surface area contributed by atoms with Crippen LogP contribution in [0.5, 0.6) is 0 Å². The predicted molar refractivity (Wildman–Crippen MR) is 42.3 cm³/mol. The Morgan fingerprint density at radius 1 is 1.80 bits per heavy atom. The van der Waals surface area contributed by atoms with Gasteiger partial charge in [0.25, 0.3) is 0 Å². The normalized spacial score (nSPS) is 28.4. The van der Waals surface area contributed by atoms with Crippen LogP contribution in [-0.2, 0) is 9.53 Å². The van der Waals surface area contributed by atoms with Crippen LogP contribution in [0.1, 0.15) is 13.3 Å². The summed E-state index contributed by atoms with van der Waals surface area (Å²) in [6.07, 6.45) is 0.898. The first-order chi connectivity index (χ1) is 4.72. The highest BCUT2D eigenvalue weighted by Gasteiger charge is 2.25. The Kier molecular flexibility index (Phi) is 2.86. The molecule has 10 heavy (non-hydrogen) atoms. The molecule has 2 atom stereocenters. The van der Waals surface area contributed by atoms with Gasteiger partial charge in [-0.1, -0.05) is 15.9 Å². The van der Waals surface area contributed by atoms with Crippen LogP contribution in [0, 0.1) is 5.92 Å². The van der Waals surface area contributed by atoms with Crippen molar-refractivity contribution in [3.63, 3.8) is 0 Å². The molecular formula is C7H11BrO2. The zero-order valence-electron chi connectivity index (χ0n) is 5.97. The average molecular weight is 207 g/mol. The lowest BCUT2D eigenvalue weighted by atomic mass is 10.0. The van der Waals surface area contributed by atoms with Gasteiger partial charge in [0.2, 0.25) is 0 Å². The highest BCUT2D eigenvalue weighted by molar-refractivity contribution is 9.10. The van der Waals surface area contributed by atoms with Gasteiger partial charge in [-0.2, -0.15) is 0 Å². The van der Waals surface area contributed by atoms with Crippen molar-refractivity contribution in [2.45, 2.75) is 18.2 Å². The van der Waals surface area contributed by atoms with Crippen LogP contribution < -0.4 is 0 Å². The second kappa shape index (κ2) is 3.49. The molecule has 1 fully saturated rings. The van der Waals surface area contributed by atoms with E-state index in [4.69, 9.17) is 4.74 Å². The maximum absolute atomic E-state index is 11.2. The van der Waals surface area contributed by atoms with Crippen LogP contribution in [-0.4, -0.2) is 23.8 Å². The number of rotatable bonds is 2. The smallest absolute Gasteiger partial charge is 0.151 e. The van der Waals surface area contributed by atoms with Gasteiger partial charge >= 0.3 is 0 Å². The van der Waals surface area contributed by atoms with Crippen LogP contribution in [0.25, 0.3) is 0 Å². The molecule has 3 heteroatoms. The molecule has 1 rings (SSSR count). The van der Waals surface area contributed by atoms with E-state index in [0.29, 0.717) is 6.61 Å². The fourth-order valence-corrected chi connectivity index (χ4v) is 1.46. The maximum Gasteiger partial charge on any atom is 0.151 e. The molecule has 0 saturated carbocycles. The lowest BCUT2D eigenvalue weighted by molar-refractivity contribution is -0.121. The summed E-state index contributed by atoms with van der Waals surface area (Å²) in [6, 6.07) is 0. The SMILES string of the molecule is CC(Br)C(=O)C1CCOC1. The van der Waals surface area contributed by atoms with Crippen LogP contribution >= 0.6 is 15.9 Å². The highest BCUT2D eigenvalue weighted by Crippen LogP contribution is 2.17. The van der Waals surface area contributed by atoms with Crippen molar-refractivity contribution in [3.8, 4) is 0 Å². The van der Waals surface area contributed by atoms with Gasteiger partial charge in [0.1, 0.15) is 0 Å².